The van der Waals surface area contributed by atoms with Gasteiger partial charge in [0.25, 0.3) is 0 Å². The van der Waals surface area contributed by atoms with Gasteiger partial charge in [-0.1, -0.05) is 48.5 Å². The summed E-state index contributed by atoms with van der Waals surface area (Å²) in [5.74, 6) is 1.68. The van der Waals surface area contributed by atoms with E-state index in [1.807, 2.05) is 0 Å². The van der Waals surface area contributed by atoms with Crippen molar-refractivity contribution in [3.05, 3.63) is 0 Å². The first-order chi connectivity index (χ1) is 8.65. The molecular formula is C15H32O3P+. The summed E-state index contributed by atoms with van der Waals surface area (Å²) in [6.07, 6.45) is 2.80. The van der Waals surface area contributed by atoms with Gasteiger partial charge in [0.15, 0.2) is 0 Å². The summed E-state index contributed by atoms with van der Waals surface area (Å²) in [5, 5.41) is 0. The molecule has 0 radical (unpaired) electrons. The molecule has 0 aliphatic carbocycles. The third-order valence-electron chi connectivity index (χ3n) is 4.12. The van der Waals surface area contributed by atoms with Crippen LogP contribution in [0, 0.1) is 23.7 Å². The minimum Gasteiger partial charge on any atom is -0.133 e. The Morgan fingerprint density at radius 3 is 1.58 bits per heavy atom. The molecule has 0 aromatic heterocycles. The first-order valence-electron chi connectivity index (χ1n) is 7.50. The molecule has 3 unspecified atom stereocenters. The highest BCUT2D eigenvalue weighted by Gasteiger charge is 2.48. The quantitative estimate of drug-likeness (QED) is 0.596. The predicted molar refractivity (Wildman–Crippen MR) is 81.2 cm³/mol. The number of hydrogen-bond donors (Lipinski definition) is 1. The van der Waals surface area contributed by atoms with Crippen LogP contribution in [-0.2, 0) is 9.09 Å². The van der Waals surface area contributed by atoms with Crippen molar-refractivity contribution in [1.82, 2.24) is 0 Å². The van der Waals surface area contributed by atoms with Crippen LogP contribution in [0.5, 0.6) is 0 Å². The first kappa shape index (κ1) is 19.0. The molecule has 0 fully saturated rings. The molecule has 19 heavy (non-hydrogen) atoms. The second-order valence-electron chi connectivity index (χ2n) is 6.70. The molecule has 3 atom stereocenters. The van der Waals surface area contributed by atoms with Gasteiger partial charge in [0.2, 0.25) is 0 Å². The monoisotopic (exact) mass is 291 g/mol. The van der Waals surface area contributed by atoms with Crippen LogP contribution in [0.15, 0.2) is 0 Å². The molecule has 0 bridgehead atoms. The molecule has 1 N–H and O–H groups in total. The minimum atomic E-state index is -2.56. The van der Waals surface area contributed by atoms with Crippen LogP contribution >= 0.6 is 8.25 Å². The summed E-state index contributed by atoms with van der Waals surface area (Å²) in [7, 11) is -2.56. The van der Waals surface area contributed by atoms with Crippen LogP contribution in [0.1, 0.15) is 67.7 Å². The Labute approximate surface area is 120 Å². The minimum absolute atomic E-state index is 0.275. The van der Waals surface area contributed by atoms with Gasteiger partial charge < -0.3 is 0 Å². The summed E-state index contributed by atoms with van der Waals surface area (Å²) >= 11 is 0. The molecule has 0 saturated heterocycles. The summed E-state index contributed by atoms with van der Waals surface area (Å²) in [6.45, 7) is 15.1. The Balaban J connectivity index is 5.22. The smallest absolute Gasteiger partial charge is 0.133 e. The van der Waals surface area contributed by atoms with Crippen molar-refractivity contribution >= 4 is 8.25 Å². The molecule has 0 spiro atoms. The van der Waals surface area contributed by atoms with Crippen molar-refractivity contribution < 1.29 is 14.0 Å². The first-order valence-corrected chi connectivity index (χ1v) is 8.63. The maximum absolute atomic E-state index is 11.3. The second-order valence-corrected chi connectivity index (χ2v) is 7.36. The van der Waals surface area contributed by atoms with Crippen LogP contribution in [0.2, 0.25) is 0 Å². The van der Waals surface area contributed by atoms with Gasteiger partial charge >= 0.3 is 8.25 Å². The zero-order chi connectivity index (χ0) is 15.2. The van der Waals surface area contributed by atoms with Crippen molar-refractivity contribution in [2.24, 2.45) is 23.7 Å². The SMILES string of the molecule is CCC(O[P+](=O)O)(C(C)CC(C)C)C(C)CC(C)C. The third-order valence-corrected chi connectivity index (χ3v) is 4.61. The average molecular weight is 291 g/mol. The highest BCUT2D eigenvalue weighted by molar-refractivity contribution is 7.32. The molecule has 0 saturated carbocycles. The zero-order valence-corrected chi connectivity index (χ0v) is 14.5. The van der Waals surface area contributed by atoms with Gasteiger partial charge in [0, 0.05) is 4.57 Å². The highest BCUT2D eigenvalue weighted by atomic mass is 31.1. The Morgan fingerprint density at radius 1 is 1.00 bits per heavy atom. The largest absolute Gasteiger partial charge is 0.695 e. The lowest BCUT2D eigenvalue weighted by molar-refractivity contribution is -0.0510. The van der Waals surface area contributed by atoms with Gasteiger partial charge in [0.1, 0.15) is 5.60 Å². The Hall–Kier alpha value is 0.0200. The normalized spacial score (nSPS) is 19.4. The van der Waals surface area contributed by atoms with Crippen molar-refractivity contribution in [2.75, 3.05) is 0 Å². The van der Waals surface area contributed by atoms with Gasteiger partial charge in [-0.2, -0.15) is 0 Å². The van der Waals surface area contributed by atoms with E-state index in [0.29, 0.717) is 11.8 Å². The molecule has 0 aliphatic rings. The Bertz CT molecular complexity index is 261. The van der Waals surface area contributed by atoms with Crippen molar-refractivity contribution in [3.8, 4) is 0 Å². The standard InChI is InChI=1S/C15H31O3P/c1-8-15(18-19(16)17,13(6)9-11(2)3)14(7)10-12(4)5/h11-14H,8-10H2,1-7H3/p+1. The molecule has 4 heteroatoms. The highest BCUT2D eigenvalue weighted by Crippen LogP contribution is 2.44. The summed E-state index contributed by atoms with van der Waals surface area (Å²) < 4.78 is 16.9. The lowest BCUT2D eigenvalue weighted by Gasteiger charge is -2.39. The second kappa shape index (κ2) is 8.34. The van der Waals surface area contributed by atoms with E-state index in [2.05, 4.69) is 48.5 Å². The van der Waals surface area contributed by atoms with E-state index in [1.165, 1.54) is 0 Å². The lowest BCUT2D eigenvalue weighted by atomic mass is 9.71. The molecule has 114 valence electrons. The van der Waals surface area contributed by atoms with E-state index in [0.717, 1.165) is 19.3 Å². The molecule has 0 amide bonds. The Morgan fingerprint density at radius 2 is 1.37 bits per heavy atom. The molecular weight excluding hydrogens is 259 g/mol. The fourth-order valence-corrected chi connectivity index (χ4v) is 4.17. The van der Waals surface area contributed by atoms with E-state index in [1.54, 1.807) is 0 Å². The summed E-state index contributed by atoms with van der Waals surface area (Å²) in [4.78, 5) is 9.27. The molecule has 3 nitrogen and oxygen atoms in total. The van der Waals surface area contributed by atoms with E-state index in [9.17, 15) is 9.46 Å². The predicted octanol–water partition coefficient (Wildman–Crippen LogP) is 5.17. The number of rotatable bonds is 9. The van der Waals surface area contributed by atoms with Gasteiger partial charge in [0.05, 0.1) is 0 Å². The van der Waals surface area contributed by atoms with Gasteiger partial charge in [-0.05, 0) is 42.9 Å². The van der Waals surface area contributed by atoms with Crippen molar-refractivity contribution in [1.29, 1.82) is 0 Å². The van der Waals surface area contributed by atoms with Crippen LogP contribution in [0.3, 0.4) is 0 Å². The maximum atomic E-state index is 11.3. The maximum Gasteiger partial charge on any atom is 0.695 e. The van der Waals surface area contributed by atoms with Crippen molar-refractivity contribution in [3.63, 3.8) is 0 Å². The van der Waals surface area contributed by atoms with Crippen LogP contribution in [-0.4, -0.2) is 10.5 Å². The Kier molecular flexibility index (Phi) is 8.35. The average Bonchev–Trinajstić information content (AvgIpc) is 2.23. The topological polar surface area (TPSA) is 46.5 Å². The molecule has 0 aromatic rings. The molecule has 0 aliphatic heterocycles. The molecule has 0 aromatic carbocycles. The van der Waals surface area contributed by atoms with Gasteiger partial charge in [-0.3, -0.25) is 0 Å². The van der Waals surface area contributed by atoms with Gasteiger partial charge in [-0.15, -0.1) is 9.42 Å². The molecule has 0 heterocycles. The van der Waals surface area contributed by atoms with E-state index < -0.39 is 13.9 Å². The lowest BCUT2D eigenvalue weighted by Crippen LogP contribution is -2.44. The van der Waals surface area contributed by atoms with Crippen LogP contribution in [0.4, 0.5) is 0 Å². The van der Waals surface area contributed by atoms with E-state index in [4.69, 9.17) is 4.52 Å². The zero-order valence-electron chi connectivity index (χ0n) is 13.6. The molecule has 0 rings (SSSR count). The van der Waals surface area contributed by atoms with E-state index >= 15 is 0 Å². The number of hydrogen-bond acceptors (Lipinski definition) is 2. The van der Waals surface area contributed by atoms with E-state index in [-0.39, 0.29) is 11.8 Å². The van der Waals surface area contributed by atoms with Crippen LogP contribution < -0.4 is 0 Å². The fraction of sp³-hybridized carbons (Fsp3) is 1.00. The summed E-state index contributed by atoms with van der Waals surface area (Å²) in [6, 6.07) is 0. The fourth-order valence-electron chi connectivity index (χ4n) is 3.39. The van der Waals surface area contributed by atoms with Crippen LogP contribution in [0.25, 0.3) is 0 Å². The van der Waals surface area contributed by atoms with Gasteiger partial charge in [-0.25, -0.2) is 0 Å². The van der Waals surface area contributed by atoms with Crippen molar-refractivity contribution in [2.45, 2.75) is 73.3 Å². The summed E-state index contributed by atoms with van der Waals surface area (Å²) in [5.41, 5.74) is -0.489. The third kappa shape index (κ3) is 5.89.